The van der Waals surface area contributed by atoms with E-state index in [1.54, 1.807) is 23.7 Å². The van der Waals surface area contributed by atoms with E-state index in [9.17, 15) is 0 Å². The summed E-state index contributed by atoms with van der Waals surface area (Å²) in [5, 5.41) is 13.1. The topological polar surface area (TPSA) is 46.0 Å². The van der Waals surface area contributed by atoms with Gasteiger partial charge in [-0.05, 0) is 17.5 Å². The predicted octanol–water partition coefficient (Wildman–Crippen LogP) is 2.91. The molecule has 0 aliphatic rings. The minimum absolute atomic E-state index is 0.0390. The van der Waals surface area contributed by atoms with Crippen LogP contribution < -0.4 is 0 Å². The molecule has 0 saturated carbocycles. The van der Waals surface area contributed by atoms with Crippen molar-refractivity contribution in [1.29, 1.82) is 0 Å². The van der Waals surface area contributed by atoms with Crippen LogP contribution in [0.15, 0.2) is 29.9 Å². The minimum Gasteiger partial charge on any atom is -0.391 e. The fourth-order valence-electron chi connectivity index (χ4n) is 1.56. The van der Waals surface area contributed by atoms with E-state index >= 15 is 0 Å². The second kappa shape index (κ2) is 3.93. The van der Waals surface area contributed by atoms with Crippen LogP contribution >= 0.6 is 22.7 Å². The van der Waals surface area contributed by atoms with Crippen molar-refractivity contribution >= 4 is 32.8 Å². The fourth-order valence-corrected chi connectivity index (χ4v) is 3.12. The highest BCUT2D eigenvalue weighted by Gasteiger charge is 2.09. The van der Waals surface area contributed by atoms with Gasteiger partial charge in [-0.2, -0.15) is 0 Å². The Morgan fingerprint density at radius 2 is 2.19 bits per heavy atom. The summed E-state index contributed by atoms with van der Waals surface area (Å²) in [4.78, 5) is 9.52. The van der Waals surface area contributed by atoms with Gasteiger partial charge in [0.2, 0.25) is 0 Å². The van der Waals surface area contributed by atoms with Crippen LogP contribution in [0.5, 0.6) is 0 Å². The van der Waals surface area contributed by atoms with Gasteiger partial charge in [0.05, 0.1) is 11.5 Å². The van der Waals surface area contributed by atoms with E-state index in [4.69, 9.17) is 5.11 Å². The van der Waals surface area contributed by atoms with Crippen molar-refractivity contribution in [2.45, 2.75) is 6.61 Å². The van der Waals surface area contributed by atoms with Crippen LogP contribution in [0.25, 0.3) is 20.8 Å². The van der Waals surface area contributed by atoms with E-state index in [0.29, 0.717) is 0 Å². The highest BCUT2D eigenvalue weighted by molar-refractivity contribution is 7.17. The molecular formula is C11H8N2OS2. The highest BCUT2D eigenvalue weighted by Crippen LogP contribution is 2.31. The molecule has 16 heavy (non-hydrogen) atoms. The standard InChI is InChI=1S/C11H8N2OS2/c14-6-7-5-13-11(16-7)10-8-2-4-15-9(8)1-3-12-10/h1-5,14H,6H2. The van der Waals surface area contributed by atoms with Crippen LogP contribution in [0, 0.1) is 0 Å². The van der Waals surface area contributed by atoms with Gasteiger partial charge in [-0.25, -0.2) is 4.98 Å². The third kappa shape index (κ3) is 1.53. The predicted molar refractivity (Wildman–Crippen MR) is 66.7 cm³/mol. The first-order valence-electron chi connectivity index (χ1n) is 4.76. The number of thiazole rings is 1. The summed E-state index contributed by atoms with van der Waals surface area (Å²) in [6.45, 7) is 0.0390. The van der Waals surface area contributed by atoms with Crippen molar-refractivity contribution in [2.24, 2.45) is 0 Å². The van der Waals surface area contributed by atoms with Gasteiger partial charge in [0.1, 0.15) is 10.7 Å². The number of pyridine rings is 1. The number of fused-ring (bicyclic) bond motifs is 1. The first kappa shape index (κ1) is 9.89. The molecular weight excluding hydrogens is 240 g/mol. The number of aromatic nitrogens is 2. The number of hydrogen-bond donors (Lipinski definition) is 1. The van der Waals surface area contributed by atoms with Crippen molar-refractivity contribution in [3.63, 3.8) is 0 Å². The Hall–Kier alpha value is -1.30. The van der Waals surface area contributed by atoms with Crippen LogP contribution in [-0.4, -0.2) is 15.1 Å². The van der Waals surface area contributed by atoms with Crippen LogP contribution in [-0.2, 0) is 6.61 Å². The summed E-state index contributed by atoms with van der Waals surface area (Å²) in [6.07, 6.45) is 3.50. The number of hydrogen-bond acceptors (Lipinski definition) is 5. The van der Waals surface area contributed by atoms with Gasteiger partial charge in [0.15, 0.2) is 0 Å². The number of aliphatic hydroxyl groups is 1. The number of rotatable bonds is 2. The van der Waals surface area contributed by atoms with E-state index in [1.165, 1.54) is 16.0 Å². The molecule has 3 rings (SSSR count). The Balaban J connectivity index is 2.21. The van der Waals surface area contributed by atoms with Gasteiger partial charge in [-0.1, -0.05) is 0 Å². The lowest BCUT2D eigenvalue weighted by Crippen LogP contribution is -1.81. The smallest absolute Gasteiger partial charge is 0.142 e. The second-order valence-corrected chi connectivity index (χ2v) is 5.34. The van der Waals surface area contributed by atoms with Crippen LogP contribution in [0.1, 0.15) is 4.88 Å². The maximum absolute atomic E-state index is 9.02. The summed E-state index contributed by atoms with van der Waals surface area (Å²) >= 11 is 3.18. The van der Waals surface area contributed by atoms with Gasteiger partial charge in [-0.3, -0.25) is 4.98 Å². The molecule has 0 fully saturated rings. The molecule has 0 aliphatic carbocycles. The zero-order chi connectivity index (χ0) is 11.0. The van der Waals surface area contributed by atoms with Crippen LogP contribution in [0.4, 0.5) is 0 Å². The summed E-state index contributed by atoms with van der Waals surface area (Å²) in [5.74, 6) is 0. The van der Waals surface area contributed by atoms with Crippen molar-refractivity contribution < 1.29 is 5.11 Å². The number of nitrogens with zero attached hydrogens (tertiary/aromatic N) is 2. The van der Waals surface area contributed by atoms with E-state index in [-0.39, 0.29) is 6.61 Å². The first-order valence-corrected chi connectivity index (χ1v) is 6.46. The molecule has 0 bridgehead atoms. The molecule has 0 unspecified atom stereocenters. The molecule has 3 heterocycles. The Bertz CT molecular complexity index is 629. The monoisotopic (exact) mass is 248 g/mol. The van der Waals surface area contributed by atoms with Gasteiger partial charge in [0, 0.05) is 22.5 Å². The molecule has 5 heteroatoms. The van der Waals surface area contributed by atoms with Crippen molar-refractivity contribution in [2.75, 3.05) is 0 Å². The van der Waals surface area contributed by atoms with E-state index < -0.39 is 0 Å². The Labute approximate surface area is 100 Å². The summed E-state index contributed by atoms with van der Waals surface area (Å²) in [7, 11) is 0. The van der Waals surface area contributed by atoms with Crippen molar-refractivity contribution in [3.8, 4) is 10.7 Å². The van der Waals surface area contributed by atoms with Gasteiger partial charge in [0.25, 0.3) is 0 Å². The second-order valence-electron chi connectivity index (χ2n) is 3.28. The average Bonchev–Trinajstić information content (AvgIpc) is 2.97. The van der Waals surface area contributed by atoms with E-state index in [0.717, 1.165) is 21.0 Å². The SMILES string of the molecule is OCc1cnc(-c2nccc3sccc23)s1. The van der Waals surface area contributed by atoms with E-state index in [1.807, 2.05) is 6.07 Å². The molecule has 0 radical (unpaired) electrons. The quantitative estimate of drug-likeness (QED) is 0.758. The number of aliphatic hydroxyl groups excluding tert-OH is 1. The first-order chi connectivity index (χ1) is 7.88. The Morgan fingerprint density at radius 3 is 3.00 bits per heavy atom. The molecule has 3 aromatic rings. The summed E-state index contributed by atoms with van der Waals surface area (Å²) < 4.78 is 1.21. The Morgan fingerprint density at radius 1 is 1.25 bits per heavy atom. The van der Waals surface area contributed by atoms with Gasteiger partial charge < -0.3 is 5.11 Å². The fraction of sp³-hybridized carbons (Fsp3) is 0.0909. The summed E-state index contributed by atoms with van der Waals surface area (Å²) in [5.41, 5.74) is 0.906. The molecule has 3 nitrogen and oxygen atoms in total. The molecule has 0 amide bonds. The Kier molecular flexibility index (Phi) is 2.43. The van der Waals surface area contributed by atoms with Crippen molar-refractivity contribution in [3.05, 3.63) is 34.8 Å². The largest absolute Gasteiger partial charge is 0.391 e. The maximum atomic E-state index is 9.02. The molecule has 1 N–H and O–H groups in total. The molecule has 0 atom stereocenters. The van der Waals surface area contributed by atoms with E-state index in [2.05, 4.69) is 21.4 Å². The van der Waals surface area contributed by atoms with Crippen LogP contribution in [0.2, 0.25) is 0 Å². The van der Waals surface area contributed by atoms with Gasteiger partial charge >= 0.3 is 0 Å². The van der Waals surface area contributed by atoms with Crippen molar-refractivity contribution in [1.82, 2.24) is 9.97 Å². The van der Waals surface area contributed by atoms with Gasteiger partial charge in [-0.15, -0.1) is 22.7 Å². The minimum atomic E-state index is 0.0390. The average molecular weight is 248 g/mol. The summed E-state index contributed by atoms with van der Waals surface area (Å²) in [6, 6.07) is 4.06. The normalized spacial score (nSPS) is 11.1. The lowest BCUT2D eigenvalue weighted by atomic mass is 10.2. The molecule has 0 spiro atoms. The third-order valence-electron chi connectivity index (χ3n) is 2.29. The zero-order valence-corrected chi connectivity index (χ0v) is 9.88. The zero-order valence-electron chi connectivity index (χ0n) is 8.25. The lowest BCUT2D eigenvalue weighted by Gasteiger charge is -1.96. The molecule has 0 saturated heterocycles. The highest BCUT2D eigenvalue weighted by atomic mass is 32.1. The molecule has 0 aromatic carbocycles. The number of thiophene rings is 1. The molecule has 3 aromatic heterocycles. The third-order valence-corrected chi connectivity index (χ3v) is 4.16. The van der Waals surface area contributed by atoms with Crippen LogP contribution in [0.3, 0.4) is 0 Å². The molecule has 80 valence electrons. The molecule has 0 aliphatic heterocycles. The maximum Gasteiger partial charge on any atom is 0.142 e. The lowest BCUT2D eigenvalue weighted by molar-refractivity contribution is 0.285.